The number of methoxy groups -OCH3 is 1. The molecule has 1 unspecified atom stereocenters. The van der Waals surface area contributed by atoms with E-state index in [1.807, 2.05) is 12.4 Å². The lowest BCUT2D eigenvalue weighted by Gasteiger charge is -2.21. The average molecular weight is 251 g/mol. The molecule has 0 aromatic carbocycles. The van der Waals surface area contributed by atoms with Gasteiger partial charge in [0.1, 0.15) is 5.60 Å². The molecule has 0 bridgehead atoms. The van der Waals surface area contributed by atoms with E-state index in [2.05, 4.69) is 22.2 Å². The highest BCUT2D eigenvalue weighted by molar-refractivity contribution is 5.09. The van der Waals surface area contributed by atoms with Crippen molar-refractivity contribution in [1.29, 1.82) is 0 Å². The first-order chi connectivity index (χ1) is 8.74. The number of ether oxygens (including phenoxy) is 2. The van der Waals surface area contributed by atoms with Crippen molar-refractivity contribution in [2.24, 2.45) is 0 Å². The minimum Gasteiger partial charge on any atom is -0.383 e. The highest BCUT2D eigenvalue weighted by Crippen LogP contribution is 2.32. The Kier molecular flexibility index (Phi) is 4.63. The van der Waals surface area contributed by atoms with E-state index in [-0.39, 0.29) is 5.60 Å². The number of hydrogen-bond donors (Lipinski definition) is 1. The summed E-state index contributed by atoms with van der Waals surface area (Å²) in [4.78, 5) is 8.85. The van der Waals surface area contributed by atoms with Crippen LogP contribution in [0.3, 0.4) is 0 Å². The van der Waals surface area contributed by atoms with Crippen LogP contribution in [0.15, 0.2) is 12.4 Å². The number of rotatable bonds is 6. The van der Waals surface area contributed by atoms with E-state index in [1.54, 1.807) is 7.11 Å². The maximum atomic E-state index is 5.72. The summed E-state index contributed by atoms with van der Waals surface area (Å²) in [6.07, 6.45) is 5.82. The highest BCUT2D eigenvalue weighted by atomic mass is 16.5. The zero-order valence-corrected chi connectivity index (χ0v) is 11.1. The molecule has 100 valence electrons. The van der Waals surface area contributed by atoms with Crippen LogP contribution < -0.4 is 5.32 Å². The Balaban J connectivity index is 1.89. The summed E-state index contributed by atoms with van der Waals surface area (Å²) in [5, 5.41) is 3.26. The molecule has 1 fully saturated rings. The molecule has 2 heterocycles. The number of aromatic nitrogens is 2. The standard InChI is InChI=1S/C13H21N3O2/c1-13(4-3-6-18-13)12-15-9-11(10-16-12)8-14-5-7-17-2/h9-10,14H,3-8H2,1-2H3. The van der Waals surface area contributed by atoms with E-state index in [9.17, 15) is 0 Å². The summed E-state index contributed by atoms with van der Waals surface area (Å²) in [6.45, 7) is 5.18. The first-order valence-corrected chi connectivity index (χ1v) is 6.39. The lowest BCUT2D eigenvalue weighted by molar-refractivity contribution is 0.00927. The molecule has 1 aromatic rings. The third-order valence-electron chi connectivity index (χ3n) is 3.21. The molecule has 1 saturated heterocycles. The van der Waals surface area contributed by atoms with Crippen LogP contribution in [0.1, 0.15) is 31.2 Å². The Morgan fingerprint density at radius 1 is 1.44 bits per heavy atom. The van der Waals surface area contributed by atoms with Crippen molar-refractivity contribution in [3.8, 4) is 0 Å². The molecule has 0 saturated carbocycles. The van der Waals surface area contributed by atoms with Gasteiger partial charge in [0, 0.05) is 44.8 Å². The van der Waals surface area contributed by atoms with Gasteiger partial charge >= 0.3 is 0 Å². The third-order valence-corrected chi connectivity index (χ3v) is 3.21. The van der Waals surface area contributed by atoms with Gasteiger partial charge in [0.2, 0.25) is 0 Å². The van der Waals surface area contributed by atoms with E-state index >= 15 is 0 Å². The molecule has 0 radical (unpaired) electrons. The van der Waals surface area contributed by atoms with Crippen LogP contribution in [-0.4, -0.2) is 36.8 Å². The second-order valence-electron chi connectivity index (χ2n) is 4.77. The Labute approximate surface area is 108 Å². The second kappa shape index (κ2) is 6.22. The van der Waals surface area contributed by atoms with E-state index in [0.717, 1.165) is 43.9 Å². The molecule has 5 heteroatoms. The molecule has 1 atom stereocenters. The maximum absolute atomic E-state index is 5.72. The molecule has 1 aliphatic rings. The van der Waals surface area contributed by atoms with Gasteiger partial charge in [-0.05, 0) is 19.8 Å². The van der Waals surface area contributed by atoms with Crippen LogP contribution in [0, 0.1) is 0 Å². The fraction of sp³-hybridized carbons (Fsp3) is 0.692. The number of nitrogens with zero attached hydrogens (tertiary/aromatic N) is 2. The fourth-order valence-electron chi connectivity index (χ4n) is 2.08. The Morgan fingerprint density at radius 3 is 2.83 bits per heavy atom. The van der Waals surface area contributed by atoms with Crippen LogP contribution in [-0.2, 0) is 21.6 Å². The van der Waals surface area contributed by atoms with Gasteiger partial charge in [0.15, 0.2) is 5.82 Å². The molecular weight excluding hydrogens is 230 g/mol. The van der Waals surface area contributed by atoms with E-state index in [4.69, 9.17) is 9.47 Å². The SMILES string of the molecule is COCCNCc1cnc(C2(C)CCCO2)nc1. The lowest BCUT2D eigenvalue weighted by Crippen LogP contribution is -2.24. The van der Waals surface area contributed by atoms with Crippen LogP contribution >= 0.6 is 0 Å². The van der Waals surface area contributed by atoms with Gasteiger partial charge in [0.25, 0.3) is 0 Å². The fourth-order valence-corrected chi connectivity index (χ4v) is 2.08. The molecule has 1 aliphatic heterocycles. The summed E-state index contributed by atoms with van der Waals surface area (Å²) in [5.74, 6) is 0.792. The summed E-state index contributed by atoms with van der Waals surface area (Å²) >= 11 is 0. The quantitative estimate of drug-likeness (QED) is 0.771. The van der Waals surface area contributed by atoms with Crippen molar-refractivity contribution in [2.75, 3.05) is 26.9 Å². The zero-order chi connectivity index (χ0) is 12.8. The zero-order valence-electron chi connectivity index (χ0n) is 11.1. The van der Waals surface area contributed by atoms with E-state index in [0.29, 0.717) is 6.61 Å². The number of hydrogen-bond acceptors (Lipinski definition) is 5. The molecule has 0 spiro atoms. The van der Waals surface area contributed by atoms with Gasteiger partial charge < -0.3 is 14.8 Å². The highest BCUT2D eigenvalue weighted by Gasteiger charge is 2.34. The number of nitrogens with one attached hydrogen (secondary N) is 1. The first kappa shape index (κ1) is 13.4. The molecule has 0 amide bonds. The topological polar surface area (TPSA) is 56.3 Å². The molecule has 1 aromatic heterocycles. The van der Waals surface area contributed by atoms with Crippen LogP contribution in [0.5, 0.6) is 0 Å². The Bertz CT molecular complexity index is 361. The van der Waals surface area contributed by atoms with Gasteiger partial charge in [-0.1, -0.05) is 0 Å². The first-order valence-electron chi connectivity index (χ1n) is 6.39. The van der Waals surface area contributed by atoms with Gasteiger partial charge in [0.05, 0.1) is 6.61 Å². The molecule has 0 aliphatic carbocycles. The average Bonchev–Trinajstić information content (AvgIpc) is 2.84. The van der Waals surface area contributed by atoms with Crippen molar-refractivity contribution in [1.82, 2.24) is 15.3 Å². The molecule has 1 N–H and O–H groups in total. The molecule has 2 rings (SSSR count). The molecule has 18 heavy (non-hydrogen) atoms. The van der Waals surface area contributed by atoms with Gasteiger partial charge in [-0.2, -0.15) is 0 Å². The smallest absolute Gasteiger partial charge is 0.159 e. The van der Waals surface area contributed by atoms with Gasteiger partial charge in [-0.3, -0.25) is 0 Å². The summed E-state index contributed by atoms with van der Waals surface area (Å²) in [5.41, 5.74) is 0.790. The monoisotopic (exact) mass is 251 g/mol. The van der Waals surface area contributed by atoms with Gasteiger partial charge in [-0.15, -0.1) is 0 Å². The predicted octanol–water partition coefficient (Wildman–Crippen LogP) is 1.24. The largest absolute Gasteiger partial charge is 0.383 e. The van der Waals surface area contributed by atoms with Crippen molar-refractivity contribution < 1.29 is 9.47 Å². The van der Waals surface area contributed by atoms with E-state index < -0.39 is 0 Å². The van der Waals surface area contributed by atoms with Crippen molar-refractivity contribution in [2.45, 2.75) is 31.9 Å². The molecule has 5 nitrogen and oxygen atoms in total. The lowest BCUT2D eigenvalue weighted by atomic mass is 10.0. The van der Waals surface area contributed by atoms with Crippen LogP contribution in [0.4, 0.5) is 0 Å². The maximum Gasteiger partial charge on any atom is 0.159 e. The Morgan fingerprint density at radius 2 is 2.22 bits per heavy atom. The van der Waals surface area contributed by atoms with Crippen molar-refractivity contribution in [3.63, 3.8) is 0 Å². The minimum absolute atomic E-state index is 0.290. The normalized spacial score (nSPS) is 23.4. The van der Waals surface area contributed by atoms with Crippen molar-refractivity contribution >= 4 is 0 Å². The summed E-state index contributed by atoms with van der Waals surface area (Å²) in [7, 11) is 1.70. The minimum atomic E-state index is -0.290. The van der Waals surface area contributed by atoms with Crippen LogP contribution in [0.25, 0.3) is 0 Å². The summed E-state index contributed by atoms with van der Waals surface area (Å²) < 4.78 is 10.7. The Hall–Kier alpha value is -1.04. The van der Waals surface area contributed by atoms with E-state index in [1.165, 1.54) is 0 Å². The van der Waals surface area contributed by atoms with Gasteiger partial charge in [-0.25, -0.2) is 9.97 Å². The molecular formula is C13H21N3O2. The van der Waals surface area contributed by atoms with Crippen LogP contribution in [0.2, 0.25) is 0 Å². The predicted molar refractivity (Wildman–Crippen MR) is 68.2 cm³/mol. The second-order valence-corrected chi connectivity index (χ2v) is 4.77. The van der Waals surface area contributed by atoms with Crippen molar-refractivity contribution in [3.05, 3.63) is 23.8 Å². The third kappa shape index (κ3) is 3.25. The summed E-state index contributed by atoms with van der Waals surface area (Å²) in [6, 6.07) is 0.